The molecular formula is C25H26N4O5. The Hall–Kier alpha value is -4.14. The highest BCUT2D eigenvalue weighted by Crippen LogP contribution is 2.34. The van der Waals surface area contributed by atoms with Gasteiger partial charge in [0.1, 0.15) is 17.6 Å². The van der Waals surface area contributed by atoms with Crippen LogP contribution in [0.1, 0.15) is 48.3 Å². The van der Waals surface area contributed by atoms with Crippen molar-refractivity contribution in [2.24, 2.45) is 5.73 Å². The Bertz CT molecular complexity index is 1160. The van der Waals surface area contributed by atoms with Gasteiger partial charge in [-0.05, 0) is 41.5 Å². The molecule has 0 aliphatic heterocycles. The predicted octanol–water partition coefficient (Wildman–Crippen LogP) is 3.87. The lowest BCUT2D eigenvalue weighted by Gasteiger charge is -2.35. The number of rotatable bonds is 8. The lowest BCUT2D eigenvalue weighted by molar-refractivity contribution is 0.0833. The Labute approximate surface area is 196 Å². The van der Waals surface area contributed by atoms with Gasteiger partial charge < -0.3 is 25.6 Å². The maximum Gasteiger partial charge on any atom is 0.404 e. The average molecular weight is 463 g/mol. The summed E-state index contributed by atoms with van der Waals surface area (Å²) in [6, 6.07) is 18.7. The summed E-state index contributed by atoms with van der Waals surface area (Å²) in [5.41, 5.74) is 7.22. The smallest absolute Gasteiger partial charge is 0.404 e. The topological polar surface area (TPSA) is 137 Å². The largest absolute Gasteiger partial charge is 0.490 e. The fourth-order valence-corrected chi connectivity index (χ4v) is 3.83. The standard InChI is InChI=1S/C25H26N4O5/c1-25(2,15-3-7-18(8-4-15)33-20-13-17(14-20)27-24(31)32)16-5-9-19(10-6-16)34-22-12-11-21(23(26)30)28-29-22/h3-12,17,20,27H,13-14H2,1-2H3,(H2,26,30)(H,31,32). The number of carboxylic acid groups (broad SMARTS) is 1. The summed E-state index contributed by atoms with van der Waals surface area (Å²) in [6.45, 7) is 4.28. The van der Waals surface area contributed by atoms with Gasteiger partial charge in [-0.1, -0.05) is 38.1 Å². The Balaban J connectivity index is 1.36. The second-order valence-corrected chi connectivity index (χ2v) is 8.75. The van der Waals surface area contributed by atoms with E-state index in [-0.39, 0.29) is 29.1 Å². The Morgan fingerprint density at radius 1 is 0.941 bits per heavy atom. The normalized spacial score (nSPS) is 17.4. The number of aromatic nitrogens is 2. The van der Waals surface area contributed by atoms with E-state index in [0.29, 0.717) is 18.6 Å². The highest BCUT2D eigenvalue weighted by Gasteiger charge is 2.32. The van der Waals surface area contributed by atoms with Crippen molar-refractivity contribution < 1.29 is 24.2 Å². The van der Waals surface area contributed by atoms with Gasteiger partial charge in [0.2, 0.25) is 5.88 Å². The third kappa shape index (κ3) is 5.25. The molecule has 0 radical (unpaired) electrons. The van der Waals surface area contributed by atoms with E-state index in [4.69, 9.17) is 20.3 Å². The second kappa shape index (κ2) is 9.38. The van der Waals surface area contributed by atoms with Crippen molar-refractivity contribution in [3.05, 3.63) is 77.5 Å². The number of benzene rings is 2. The van der Waals surface area contributed by atoms with Crippen LogP contribution in [-0.2, 0) is 5.41 Å². The van der Waals surface area contributed by atoms with Crippen molar-refractivity contribution in [3.63, 3.8) is 0 Å². The molecule has 176 valence electrons. The molecule has 9 nitrogen and oxygen atoms in total. The van der Waals surface area contributed by atoms with Gasteiger partial charge in [0.15, 0.2) is 5.69 Å². The van der Waals surface area contributed by atoms with E-state index in [1.54, 1.807) is 6.07 Å². The lowest BCUT2D eigenvalue weighted by atomic mass is 9.78. The molecule has 4 rings (SSSR count). The molecule has 0 spiro atoms. The number of amides is 2. The van der Waals surface area contributed by atoms with Gasteiger partial charge in [-0.25, -0.2) is 4.79 Å². The molecule has 0 atom stereocenters. The number of hydrogen-bond acceptors (Lipinski definition) is 6. The summed E-state index contributed by atoms with van der Waals surface area (Å²) in [7, 11) is 0. The highest BCUT2D eigenvalue weighted by molar-refractivity contribution is 5.90. The first-order chi connectivity index (χ1) is 16.2. The van der Waals surface area contributed by atoms with Gasteiger partial charge in [0.25, 0.3) is 5.91 Å². The molecule has 1 aliphatic carbocycles. The van der Waals surface area contributed by atoms with Crippen LogP contribution >= 0.6 is 0 Å². The first kappa shape index (κ1) is 23.0. The molecule has 0 bridgehead atoms. The zero-order valence-electron chi connectivity index (χ0n) is 18.9. The predicted molar refractivity (Wildman–Crippen MR) is 124 cm³/mol. The number of nitrogens with zero attached hydrogens (tertiary/aromatic N) is 2. The second-order valence-electron chi connectivity index (χ2n) is 8.75. The maximum atomic E-state index is 11.1. The number of primary amides is 1. The van der Waals surface area contributed by atoms with Crippen LogP contribution in [0.3, 0.4) is 0 Å². The summed E-state index contributed by atoms with van der Waals surface area (Å²) < 4.78 is 11.6. The fourth-order valence-electron chi connectivity index (χ4n) is 3.83. The monoisotopic (exact) mass is 462 g/mol. The summed E-state index contributed by atoms with van der Waals surface area (Å²) in [5.74, 6) is 0.991. The molecule has 1 heterocycles. The summed E-state index contributed by atoms with van der Waals surface area (Å²) >= 11 is 0. The van der Waals surface area contributed by atoms with Crippen LogP contribution in [0.2, 0.25) is 0 Å². The molecule has 1 aliphatic rings. The van der Waals surface area contributed by atoms with Gasteiger partial charge >= 0.3 is 6.09 Å². The van der Waals surface area contributed by atoms with E-state index >= 15 is 0 Å². The van der Waals surface area contributed by atoms with E-state index in [1.807, 2.05) is 48.5 Å². The number of carbonyl (C=O) groups excluding carboxylic acids is 1. The third-order valence-electron chi connectivity index (χ3n) is 5.99. The lowest BCUT2D eigenvalue weighted by Crippen LogP contribution is -2.48. The van der Waals surface area contributed by atoms with Crippen LogP contribution in [0, 0.1) is 0 Å². The maximum absolute atomic E-state index is 11.1. The van der Waals surface area contributed by atoms with Crippen molar-refractivity contribution in [2.45, 2.75) is 44.2 Å². The molecule has 0 unspecified atom stereocenters. The van der Waals surface area contributed by atoms with Crippen molar-refractivity contribution in [2.75, 3.05) is 0 Å². The molecule has 2 aromatic carbocycles. The summed E-state index contributed by atoms with van der Waals surface area (Å²) in [6.07, 6.45) is 0.381. The average Bonchev–Trinajstić information content (AvgIpc) is 2.78. The molecule has 4 N–H and O–H groups in total. The first-order valence-electron chi connectivity index (χ1n) is 10.9. The number of ether oxygens (including phenoxy) is 2. The van der Waals surface area contributed by atoms with Gasteiger partial charge in [0, 0.05) is 30.4 Å². The number of hydrogen-bond donors (Lipinski definition) is 3. The first-order valence-corrected chi connectivity index (χ1v) is 10.9. The van der Waals surface area contributed by atoms with E-state index in [9.17, 15) is 9.59 Å². The molecule has 1 fully saturated rings. The van der Waals surface area contributed by atoms with Crippen molar-refractivity contribution in [3.8, 4) is 17.4 Å². The van der Waals surface area contributed by atoms with Crippen LogP contribution in [0.25, 0.3) is 0 Å². The number of nitrogens with two attached hydrogens (primary N) is 1. The van der Waals surface area contributed by atoms with Crippen LogP contribution in [-0.4, -0.2) is 39.5 Å². The van der Waals surface area contributed by atoms with E-state index in [0.717, 1.165) is 16.9 Å². The number of carbonyl (C=O) groups is 2. The minimum absolute atomic E-state index is 0.0277. The fraction of sp³-hybridized carbons (Fsp3) is 0.280. The minimum atomic E-state index is -0.998. The zero-order chi connectivity index (χ0) is 24.3. The molecule has 2 amide bonds. The molecule has 1 aromatic heterocycles. The quantitative estimate of drug-likeness (QED) is 0.462. The molecule has 3 aromatic rings. The van der Waals surface area contributed by atoms with Gasteiger partial charge in [-0.15, -0.1) is 10.2 Å². The van der Waals surface area contributed by atoms with Crippen molar-refractivity contribution >= 4 is 12.0 Å². The summed E-state index contributed by atoms with van der Waals surface area (Å²) in [4.78, 5) is 21.8. The Kier molecular flexibility index (Phi) is 6.36. The molecule has 1 saturated carbocycles. The van der Waals surface area contributed by atoms with E-state index in [1.165, 1.54) is 6.07 Å². The van der Waals surface area contributed by atoms with E-state index < -0.39 is 12.0 Å². The Morgan fingerprint density at radius 2 is 1.53 bits per heavy atom. The SMILES string of the molecule is CC(C)(c1ccc(Oc2ccc(C(N)=O)nn2)cc1)c1ccc(OC2CC(NC(=O)O)C2)cc1. The van der Waals surface area contributed by atoms with Gasteiger partial charge in [-0.2, -0.15) is 0 Å². The van der Waals surface area contributed by atoms with Gasteiger partial charge in [-0.3, -0.25) is 4.79 Å². The summed E-state index contributed by atoms with van der Waals surface area (Å²) in [5, 5.41) is 18.8. The van der Waals surface area contributed by atoms with Crippen molar-refractivity contribution in [1.82, 2.24) is 15.5 Å². The zero-order valence-corrected chi connectivity index (χ0v) is 18.9. The van der Waals surface area contributed by atoms with Crippen LogP contribution < -0.4 is 20.5 Å². The van der Waals surface area contributed by atoms with Crippen LogP contribution in [0.15, 0.2) is 60.7 Å². The Morgan fingerprint density at radius 3 is 2.03 bits per heavy atom. The van der Waals surface area contributed by atoms with Crippen LogP contribution in [0.4, 0.5) is 4.79 Å². The van der Waals surface area contributed by atoms with Crippen molar-refractivity contribution in [1.29, 1.82) is 0 Å². The molecule has 34 heavy (non-hydrogen) atoms. The molecule has 0 saturated heterocycles. The van der Waals surface area contributed by atoms with Gasteiger partial charge in [0.05, 0.1) is 0 Å². The molecule has 9 heteroatoms. The third-order valence-corrected chi connectivity index (χ3v) is 5.99. The minimum Gasteiger partial charge on any atom is -0.490 e. The van der Waals surface area contributed by atoms with Crippen LogP contribution in [0.5, 0.6) is 17.4 Å². The molecular weight excluding hydrogens is 436 g/mol. The van der Waals surface area contributed by atoms with E-state index in [2.05, 4.69) is 29.4 Å². The number of nitrogens with one attached hydrogen (secondary N) is 1. The highest BCUT2D eigenvalue weighted by atomic mass is 16.5.